The zero-order chi connectivity index (χ0) is 6.85. The lowest BCUT2D eigenvalue weighted by molar-refractivity contribution is 0.560. The van der Waals surface area contributed by atoms with Crippen LogP contribution in [0.2, 0.25) is 0 Å². The van der Waals surface area contributed by atoms with Crippen LogP contribution in [-0.2, 0) is 0 Å². The molecule has 1 heterocycles. The summed E-state index contributed by atoms with van der Waals surface area (Å²) in [5, 5.41) is 0. The van der Waals surface area contributed by atoms with Gasteiger partial charge in [-0.05, 0) is 19.4 Å². The molecule has 0 aliphatic carbocycles. The third-order valence-corrected chi connectivity index (χ3v) is 1.39. The Kier molecular flexibility index (Phi) is 1.58. The number of hydrogen-bond donors (Lipinski definition) is 1. The molecule has 0 saturated heterocycles. The zero-order valence-electron chi connectivity index (χ0n) is 5.72. The van der Waals surface area contributed by atoms with Gasteiger partial charge in [0, 0.05) is 11.6 Å². The third kappa shape index (κ3) is 1.13. The van der Waals surface area contributed by atoms with Crippen LogP contribution < -0.4 is 5.73 Å². The lowest BCUT2D eigenvalue weighted by atomic mass is 10.1. The minimum Gasteiger partial charge on any atom is -0.472 e. The summed E-state index contributed by atoms with van der Waals surface area (Å²) in [4.78, 5) is 0. The molecule has 9 heavy (non-hydrogen) atoms. The largest absolute Gasteiger partial charge is 0.472 e. The van der Waals surface area contributed by atoms with Crippen LogP contribution >= 0.6 is 0 Å². The molecule has 0 spiro atoms. The highest BCUT2D eigenvalue weighted by atomic mass is 16.3. The minimum absolute atomic E-state index is 0.0868. The number of nitrogens with two attached hydrogens (primary N) is 1. The van der Waals surface area contributed by atoms with E-state index in [4.69, 9.17) is 10.2 Å². The second-order valence-electron chi connectivity index (χ2n) is 2.30. The Bertz CT molecular complexity index is 191. The maximum atomic E-state index is 5.60. The molecule has 0 aromatic carbocycles. The van der Waals surface area contributed by atoms with Crippen LogP contribution in [0.4, 0.5) is 0 Å². The van der Waals surface area contributed by atoms with E-state index >= 15 is 0 Å². The first-order chi connectivity index (χ1) is 4.22. The Balaban J connectivity index is 2.94. The maximum Gasteiger partial charge on any atom is 0.0952 e. The van der Waals surface area contributed by atoms with Crippen molar-refractivity contribution in [1.82, 2.24) is 0 Å². The standard InChI is InChI=1S/C7H11NO/c1-5-3-9-4-7(5)6(2)8/h3-4,6H,8H2,1-2H3. The van der Waals surface area contributed by atoms with E-state index < -0.39 is 0 Å². The van der Waals surface area contributed by atoms with Gasteiger partial charge in [-0.25, -0.2) is 0 Å². The molecule has 50 valence electrons. The van der Waals surface area contributed by atoms with Gasteiger partial charge in [0.05, 0.1) is 12.5 Å². The fourth-order valence-electron chi connectivity index (χ4n) is 0.837. The highest BCUT2D eigenvalue weighted by molar-refractivity contribution is 5.21. The summed E-state index contributed by atoms with van der Waals surface area (Å²) in [6, 6.07) is 0.0868. The third-order valence-electron chi connectivity index (χ3n) is 1.39. The van der Waals surface area contributed by atoms with Gasteiger partial charge in [0.15, 0.2) is 0 Å². The first-order valence-electron chi connectivity index (χ1n) is 3.00. The molecule has 0 bridgehead atoms. The minimum atomic E-state index is 0.0868. The van der Waals surface area contributed by atoms with Gasteiger partial charge in [-0.15, -0.1) is 0 Å². The fourth-order valence-corrected chi connectivity index (χ4v) is 0.837. The van der Waals surface area contributed by atoms with Crippen LogP contribution in [0.3, 0.4) is 0 Å². The predicted octanol–water partition coefficient (Wildman–Crippen LogP) is 1.61. The van der Waals surface area contributed by atoms with E-state index in [1.54, 1.807) is 12.5 Å². The second kappa shape index (κ2) is 2.23. The molecule has 0 aliphatic heterocycles. The summed E-state index contributed by atoms with van der Waals surface area (Å²) in [5.41, 5.74) is 7.82. The van der Waals surface area contributed by atoms with Crippen molar-refractivity contribution < 1.29 is 4.42 Å². The lowest BCUT2D eigenvalue weighted by Crippen LogP contribution is -2.04. The maximum absolute atomic E-state index is 5.60. The molecule has 1 atom stereocenters. The SMILES string of the molecule is Cc1cocc1C(C)N. The number of furan rings is 1. The van der Waals surface area contributed by atoms with Crippen molar-refractivity contribution >= 4 is 0 Å². The Morgan fingerprint density at radius 2 is 2.22 bits per heavy atom. The van der Waals surface area contributed by atoms with E-state index in [2.05, 4.69) is 0 Å². The van der Waals surface area contributed by atoms with Gasteiger partial charge >= 0.3 is 0 Å². The van der Waals surface area contributed by atoms with Crippen molar-refractivity contribution in [3.8, 4) is 0 Å². The van der Waals surface area contributed by atoms with E-state index in [9.17, 15) is 0 Å². The topological polar surface area (TPSA) is 39.2 Å². The fraction of sp³-hybridized carbons (Fsp3) is 0.429. The van der Waals surface area contributed by atoms with E-state index in [0.717, 1.165) is 11.1 Å². The second-order valence-corrected chi connectivity index (χ2v) is 2.30. The zero-order valence-corrected chi connectivity index (χ0v) is 5.72. The summed E-state index contributed by atoms with van der Waals surface area (Å²) in [7, 11) is 0. The Morgan fingerprint density at radius 3 is 2.44 bits per heavy atom. The molecular weight excluding hydrogens is 114 g/mol. The summed E-state index contributed by atoms with van der Waals surface area (Å²) < 4.78 is 4.93. The van der Waals surface area contributed by atoms with Gasteiger partial charge in [0.2, 0.25) is 0 Å². The number of rotatable bonds is 1. The molecule has 0 aliphatic rings. The first-order valence-corrected chi connectivity index (χ1v) is 3.00. The molecular formula is C7H11NO. The van der Waals surface area contributed by atoms with Crippen LogP contribution in [0.1, 0.15) is 24.1 Å². The van der Waals surface area contributed by atoms with E-state index in [-0.39, 0.29) is 6.04 Å². The lowest BCUT2D eigenvalue weighted by Gasteiger charge is -1.99. The average molecular weight is 125 g/mol. The van der Waals surface area contributed by atoms with Gasteiger partial charge in [0.1, 0.15) is 0 Å². The first kappa shape index (κ1) is 6.36. The van der Waals surface area contributed by atoms with Crippen LogP contribution in [0.25, 0.3) is 0 Å². The number of hydrogen-bond acceptors (Lipinski definition) is 2. The van der Waals surface area contributed by atoms with Crippen molar-refractivity contribution in [2.45, 2.75) is 19.9 Å². The molecule has 1 aromatic heterocycles. The predicted molar refractivity (Wildman–Crippen MR) is 36.0 cm³/mol. The van der Waals surface area contributed by atoms with Crippen molar-refractivity contribution in [2.75, 3.05) is 0 Å². The van der Waals surface area contributed by atoms with Gasteiger partial charge in [-0.2, -0.15) is 0 Å². The van der Waals surface area contributed by atoms with Gasteiger partial charge in [-0.3, -0.25) is 0 Å². The Labute approximate surface area is 54.7 Å². The monoisotopic (exact) mass is 125 g/mol. The van der Waals surface area contributed by atoms with Crippen LogP contribution in [-0.4, -0.2) is 0 Å². The molecule has 2 nitrogen and oxygen atoms in total. The molecule has 1 unspecified atom stereocenters. The number of aryl methyl sites for hydroxylation is 1. The molecule has 2 heteroatoms. The van der Waals surface area contributed by atoms with Crippen molar-refractivity contribution in [2.24, 2.45) is 5.73 Å². The molecule has 0 amide bonds. The van der Waals surface area contributed by atoms with Crippen molar-refractivity contribution in [3.05, 3.63) is 23.7 Å². The van der Waals surface area contributed by atoms with Crippen molar-refractivity contribution in [1.29, 1.82) is 0 Å². The molecule has 1 rings (SSSR count). The summed E-state index contributed by atoms with van der Waals surface area (Å²) >= 11 is 0. The van der Waals surface area contributed by atoms with Crippen LogP contribution in [0.5, 0.6) is 0 Å². The molecule has 0 fully saturated rings. The molecule has 0 radical (unpaired) electrons. The molecule has 2 N–H and O–H groups in total. The highest BCUT2D eigenvalue weighted by Gasteiger charge is 2.03. The van der Waals surface area contributed by atoms with Crippen molar-refractivity contribution in [3.63, 3.8) is 0 Å². The molecule has 0 saturated carbocycles. The summed E-state index contributed by atoms with van der Waals surface area (Å²) in [5.74, 6) is 0. The van der Waals surface area contributed by atoms with Gasteiger partial charge in [0.25, 0.3) is 0 Å². The van der Waals surface area contributed by atoms with E-state index in [1.807, 2.05) is 13.8 Å². The highest BCUT2D eigenvalue weighted by Crippen LogP contribution is 2.14. The Morgan fingerprint density at radius 1 is 1.56 bits per heavy atom. The van der Waals surface area contributed by atoms with E-state index in [1.165, 1.54) is 0 Å². The molecule has 1 aromatic rings. The quantitative estimate of drug-likeness (QED) is 0.619. The van der Waals surface area contributed by atoms with Crippen LogP contribution in [0, 0.1) is 6.92 Å². The summed E-state index contributed by atoms with van der Waals surface area (Å²) in [6.45, 7) is 3.93. The smallest absolute Gasteiger partial charge is 0.0952 e. The normalized spacial score (nSPS) is 13.7. The van der Waals surface area contributed by atoms with Gasteiger partial charge in [-0.1, -0.05) is 0 Å². The van der Waals surface area contributed by atoms with Crippen LogP contribution in [0.15, 0.2) is 16.9 Å². The van der Waals surface area contributed by atoms with Gasteiger partial charge < -0.3 is 10.2 Å². The Hall–Kier alpha value is -0.760. The average Bonchev–Trinajstić information content (AvgIpc) is 2.13. The van der Waals surface area contributed by atoms with E-state index in [0.29, 0.717) is 0 Å². The summed E-state index contributed by atoms with van der Waals surface area (Å²) in [6.07, 6.45) is 3.40.